The van der Waals surface area contributed by atoms with Crippen molar-refractivity contribution >= 4 is 11.9 Å². The number of H-pyrrole nitrogens is 1. The predicted molar refractivity (Wildman–Crippen MR) is 96.1 cm³/mol. The Hall–Kier alpha value is -3.28. The third kappa shape index (κ3) is 3.26. The average molecular weight is 352 g/mol. The Morgan fingerprint density at radius 1 is 1.12 bits per heavy atom. The minimum absolute atomic E-state index is 0.328. The van der Waals surface area contributed by atoms with Gasteiger partial charge in [0, 0.05) is 5.69 Å². The van der Waals surface area contributed by atoms with E-state index < -0.39 is 12.0 Å². The van der Waals surface area contributed by atoms with Crippen LogP contribution in [0.1, 0.15) is 49.5 Å². The van der Waals surface area contributed by atoms with E-state index in [0.29, 0.717) is 28.3 Å². The molecule has 3 aromatic rings. The van der Waals surface area contributed by atoms with Gasteiger partial charge in [-0.25, -0.2) is 4.79 Å². The molecule has 2 heterocycles. The van der Waals surface area contributed by atoms with Crippen LogP contribution in [0.2, 0.25) is 0 Å². The van der Waals surface area contributed by atoms with Gasteiger partial charge in [-0.05, 0) is 37.1 Å². The van der Waals surface area contributed by atoms with Gasteiger partial charge in [0.2, 0.25) is 0 Å². The standard InChI is InChI=1S/C20H20N2O4/c1-12-16(20(24)25-3)13(2)21-17(12)19(23)22-18(15-10-7-11-26-15)14-8-5-4-6-9-14/h4-11,18,21H,1-3H3,(H,22,23). The number of ether oxygens (including phenoxy) is 1. The molecule has 6 nitrogen and oxygen atoms in total. The normalized spacial score (nSPS) is 11.8. The topological polar surface area (TPSA) is 84.3 Å². The first kappa shape index (κ1) is 17.5. The number of amides is 1. The highest BCUT2D eigenvalue weighted by Gasteiger charge is 2.25. The van der Waals surface area contributed by atoms with E-state index in [4.69, 9.17) is 9.15 Å². The van der Waals surface area contributed by atoms with Crippen LogP contribution in [-0.4, -0.2) is 24.0 Å². The number of furan rings is 1. The SMILES string of the molecule is COC(=O)c1c(C)[nH]c(C(=O)NC(c2ccccc2)c2ccco2)c1C. The van der Waals surface area contributed by atoms with E-state index in [0.717, 1.165) is 5.56 Å². The Morgan fingerprint density at radius 3 is 2.46 bits per heavy atom. The summed E-state index contributed by atoms with van der Waals surface area (Å²) in [6.07, 6.45) is 1.57. The van der Waals surface area contributed by atoms with Gasteiger partial charge < -0.3 is 19.5 Å². The number of rotatable bonds is 5. The molecular formula is C20H20N2O4. The summed E-state index contributed by atoms with van der Waals surface area (Å²) in [4.78, 5) is 27.8. The molecule has 2 N–H and O–H groups in total. The van der Waals surface area contributed by atoms with Gasteiger partial charge in [-0.3, -0.25) is 4.79 Å². The fourth-order valence-corrected chi connectivity index (χ4v) is 3.01. The van der Waals surface area contributed by atoms with Gasteiger partial charge in [-0.15, -0.1) is 0 Å². The molecule has 6 heteroatoms. The molecule has 1 amide bonds. The molecule has 2 aromatic heterocycles. The largest absolute Gasteiger partial charge is 0.467 e. The number of aromatic amines is 1. The van der Waals surface area contributed by atoms with Gasteiger partial charge in [0.05, 0.1) is 18.9 Å². The molecule has 0 radical (unpaired) electrons. The molecule has 1 unspecified atom stereocenters. The number of benzene rings is 1. The molecule has 0 spiro atoms. The molecule has 3 rings (SSSR count). The number of esters is 1. The van der Waals surface area contributed by atoms with Gasteiger partial charge in [0.25, 0.3) is 5.91 Å². The molecule has 1 aromatic carbocycles. The van der Waals surface area contributed by atoms with Crippen molar-refractivity contribution in [1.29, 1.82) is 0 Å². The zero-order valence-corrected chi connectivity index (χ0v) is 14.8. The molecule has 0 saturated carbocycles. The molecule has 134 valence electrons. The first-order valence-corrected chi connectivity index (χ1v) is 8.19. The number of aromatic nitrogens is 1. The van der Waals surface area contributed by atoms with Gasteiger partial charge in [-0.2, -0.15) is 0 Å². The van der Waals surface area contributed by atoms with Crippen molar-refractivity contribution in [2.75, 3.05) is 7.11 Å². The Kier molecular flexibility index (Phi) is 4.93. The maximum Gasteiger partial charge on any atom is 0.339 e. The molecule has 0 aliphatic rings. The first-order chi connectivity index (χ1) is 12.5. The number of aryl methyl sites for hydroxylation is 1. The lowest BCUT2D eigenvalue weighted by atomic mass is 10.0. The lowest BCUT2D eigenvalue weighted by Crippen LogP contribution is -2.30. The van der Waals surface area contributed by atoms with E-state index in [1.54, 1.807) is 26.2 Å². The van der Waals surface area contributed by atoms with Crippen molar-refractivity contribution in [3.8, 4) is 0 Å². The van der Waals surface area contributed by atoms with Crippen molar-refractivity contribution in [3.63, 3.8) is 0 Å². The summed E-state index contributed by atoms with van der Waals surface area (Å²) in [5.41, 5.74) is 2.75. The Labute approximate surface area is 151 Å². The van der Waals surface area contributed by atoms with E-state index in [-0.39, 0.29) is 5.91 Å². The highest BCUT2D eigenvalue weighted by Crippen LogP contribution is 2.24. The van der Waals surface area contributed by atoms with Crippen molar-refractivity contribution in [2.45, 2.75) is 19.9 Å². The molecule has 0 aliphatic heterocycles. The molecular weight excluding hydrogens is 332 g/mol. The molecule has 0 fully saturated rings. The molecule has 0 aliphatic carbocycles. The summed E-state index contributed by atoms with van der Waals surface area (Å²) in [5, 5.41) is 2.97. The van der Waals surface area contributed by atoms with Crippen LogP contribution in [0, 0.1) is 13.8 Å². The summed E-state index contributed by atoms with van der Waals surface area (Å²) in [5.74, 6) is -0.175. The predicted octanol–water partition coefficient (Wildman–Crippen LogP) is 3.53. The van der Waals surface area contributed by atoms with Crippen LogP contribution in [-0.2, 0) is 4.74 Å². The summed E-state index contributed by atoms with van der Waals surface area (Å²) in [7, 11) is 1.32. The van der Waals surface area contributed by atoms with Crippen LogP contribution < -0.4 is 5.32 Å². The second-order valence-corrected chi connectivity index (χ2v) is 5.95. The molecule has 0 saturated heterocycles. The summed E-state index contributed by atoms with van der Waals surface area (Å²) in [6, 6.07) is 12.7. The second-order valence-electron chi connectivity index (χ2n) is 5.95. The van der Waals surface area contributed by atoms with Crippen molar-refractivity contribution in [1.82, 2.24) is 10.3 Å². The van der Waals surface area contributed by atoms with E-state index in [1.165, 1.54) is 7.11 Å². The lowest BCUT2D eigenvalue weighted by Gasteiger charge is -2.17. The van der Waals surface area contributed by atoms with Gasteiger partial charge in [-0.1, -0.05) is 30.3 Å². The second kappa shape index (κ2) is 7.31. The smallest absolute Gasteiger partial charge is 0.339 e. The van der Waals surface area contributed by atoms with Crippen molar-refractivity contribution < 1.29 is 18.7 Å². The minimum atomic E-state index is -0.471. The quantitative estimate of drug-likeness (QED) is 0.688. The zero-order chi connectivity index (χ0) is 18.7. The van der Waals surface area contributed by atoms with E-state index in [9.17, 15) is 9.59 Å². The number of carbonyl (C=O) groups is 2. The Balaban J connectivity index is 1.94. The van der Waals surface area contributed by atoms with Crippen LogP contribution >= 0.6 is 0 Å². The molecule has 26 heavy (non-hydrogen) atoms. The summed E-state index contributed by atoms with van der Waals surface area (Å²) >= 11 is 0. The van der Waals surface area contributed by atoms with Crippen LogP contribution in [0.3, 0.4) is 0 Å². The highest BCUT2D eigenvalue weighted by atomic mass is 16.5. The van der Waals surface area contributed by atoms with Crippen LogP contribution in [0.15, 0.2) is 53.1 Å². The third-order valence-corrected chi connectivity index (χ3v) is 4.29. The summed E-state index contributed by atoms with van der Waals surface area (Å²) < 4.78 is 10.3. The van der Waals surface area contributed by atoms with Crippen LogP contribution in [0.4, 0.5) is 0 Å². The van der Waals surface area contributed by atoms with Crippen LogP contribution in [0.25, 0.3) is 0 Å². The number of hydrogen-bond donors (Lipinski definition) is 2. The maximum atomic E-state index is 12.9. The van der Waals surface area contributed by atoms with Gasteiger partial charge in [0.1, 0.15) is 17.5 Å². The number of hydrogen-bond acceptors (Lipinski definition) is 4. The van der Waals surface area contributed by atoms with Crippen LogP contribution in [0.5, 0.6) is 0 Å². The fraction of sp³-hybridized carbons (Fsp3) is 0.200. The van der Waals surface area contributed by atoms with Crippen molar-refractivity contribution in [2.24, 2.45) is 0 Å². The monoisotopic (exact) mass is 352 g/mol. The van der Waals surface area contributed by atoms with Crippen molar-refractivity contribution in [3.05, 3.63) is 82.6 Å². The molecule has 1 atom stereocenters. The first-order valence-electron chi connectivity index (χ1n) is 8.19. The van der Waals surface area contributed by atoms with E-state index in [1.807, 2.05) is 36.4 Å². The lowest BCUT2D eigenvalue weighted by molar-refractivity contribution is 0.0599. The zero-order valence-electron chi connectivity index (χ0n) is 14.8. The summed E-state index contributed by atoms with van der Waals surface area (Å²) in [6.45, 7) is 3.45. The molecule has 0 bridgehead atoms. The third-order valence-electron chi connectivity index (χ3n) is 4.29. The highest BCUT2D eigenvalue weighted by molar-refractivity contribution is 6.00. The minimum Gasteiger partial charge on any atom is -0.467 e. The fourth-order valence-electron chi connectivity index (χ4n) is 3.01. The van der Waals surface area contributed by atoms with E-state index in [2.05, 4.69) is 10.3 Å². The number of nitrogens with one attached hydrogen (secondary N) is 2. The average Bonchev–Trinajstić information content (AvgIpc) is 3.28. The van der Waals surface area contributed by atoms with E-state index >= 15 is 0 Å². The Morgan fingerprint density at radius 2 is 1.85 bits per heavy atom. The number of methoxy groups -OCH3 is 1. The van der Waals surface area contributed by atoms with Gasteiger partial charge >= 0.3 is 5.97 Å². The maximum absolute atomic E-state index is 12.9. The van der Waals surface area contributed by atoms with Gasteiger partial charge in [0.15, 0.2) is 0 Å². The Bertz CT molecular complexity index is 911. The number of carbonyl (C=O) groups excluding carboxylic acids is 2.